The lowest BCUT2D eigenvalue weighted by molar-refractivity contribution is -0.0162. The summed E-state index contributed by atoms with van der Waals surface area (Å²) in [4.78, 5) is 19.0. The summed E-state index contributed by atoms with van der Waals surface area (Å²) in [5, 5.41) is 8.60. The van der Waals surface area contributed by atoms with Crippen LogP contribution in [0.1, 0.15) is 20.8 Å². The Morgan fingerprint density at radius 2 is 0.973 bits per heavy atom. The third kappa shape index (κ3) is 29.5. The molecule has 0 aliphatic heterocycles. The highest BCUT2D eigenvalue weighted by Gasteiger charge is 2.28. The summed E-state index contributed by atoms with van der Waals surface area (Å²) in [6.45, 7) is 7.86. The standard InChI is InChI=1S/C18H41BO14P2S2/c1-18(2,3)33-35(23,24)31-15-13-29-11-9-27-7-5-25-4-6-26-8-10-28-12-14-30-34(21,22)32-16-17-36-37-19-20/h19-20H,4-17H2,1-3H3,(H,21,22)(H,23,24). The number of hydrogen-bond acceptors (Lipinski definition) is 14. The number of rotatable bonds is 27. The second-order valence-corrected chi connectivity index (χ2v) is 13.2. The molecule has 2 unspecified atom stereocenters. The van der Waals surface area contributed by atoms with Crippen LogP contribution in [0, 0.1) is 0 Å². The molecule has 0 rings (SSSR count). The first kappa shape index (κ1) is 37.7. The van der Waals surface area contributed by atoms with Gasteiger partial charge in [0, 0.05) is 5.75 Å². The molecule has 0 aliphatic rings. The zero-order valence-electron chi connectivity index (χ0n) is 21.6. The Bertz CT molecular complexity index is 632. The molecule has 0 fully saturated rings. The average Bonchev–Trinajstić information content (AvgIpc) is 2.78. The van der Waals surface area contributed by atoms with E-state index < -0.39 is 21.2 Å². The maximum atomic E-state index is 11.7. The van der Waals surface area contributed by atoms with E-state index in [0.29, 0.717) is 58.6 Å². The Morgan fingerprint density at radius 1 is 0.622 bits per heavy atom. The Morgan fingerprint density at radius 3 is 1.35 bits per heavy atom. The molecule has 0 aliphatic carbocycles. The highest BCUT2D eigenvalue weighted by atomic mass is 33.1. The smallest absolute Gasteiger partial charge is 0.444 e. The minimum absolute atomic E-state index is 0.0328. The fourth-order valence-corrected chi connectivity index (χ4v) is 5.10. The lowest BCUT2D eigenvalue weighted by Crippen LogP contribution is -2.19. The van der Waals surface area contributed by atoms with Crippen molar-refractivity contribution in [3.05, 3.63) is 0 Å². The van der Waals surface area contributed by atoms with Crippen LogP contribution in [0.2, 0.25) is 0 Å². The predicted molar refractivity (Wildman–Crippen MR) is 142 cm³/mol. The Hall–Kier alpha value is 0.745. The summed E-state index contributed by atoms with van der Waals surface area (Å²) < 4.78 is 69.1. The van der Waals surface area contributed by atoms with Crippen LogP contribution in [-0.4, -0.2) is 119 Å². The first-order valence-electron chi connectivity index (χ1n) is 11.5. The predicted octanol–water partition coefficient (Wildman–Crippen LogP) is 1.78. The van der Waals surface area contributed by atoms with E-state index in [2.05, 4.69) is 0 Å². The summed E-state index contributed by atoms with van der Waals surface area (Å²) >= 11 is 0. The largest absolute Gasteiger partial charge is 0.472 e. The van der Waals surface area contributed by atoms with Crippen molar-refractivity contribution < 1.29 is 65.7 Å². The normalized spacial score (nSPS) is 15.4. The number of phosphoric acid groups is 2. The molecular weight excluding hydrogens is 577 g/mol. The van der Waals surface area contributed by atoms with Crippen molar-refractivity contribution in [2.75, 3.05) is 91.6 Å². The van der Waals surface area contributed by atoms with E-state index in [9.17, 15) is 18.9 Å². The van der Waals surface area contributed by atoms with Crippen LogP contribution in [0.5, 0.6) is 0 Å². The third-order valence-corrected chi connectivity index (χ3v) is 7.63. The molecule has 0 heterocycles. The monoisotopic (exact) mass is 618 g/mol. The Balaban J connectivity index is 3.33. The minimum Gasteiger partial charge on any atom is -0.444 e. The summed E-state index contributed by atoms with van der Waals surface area (Å²) in [5.74, 6) is 0.447. The van der Waals surface area contributed by atoms with Gasteiger partial charge in [-0.05, 0) is 20.8 Å². The van der Waals surface area contributed by atoms with Crippen molar-refractivity contribution in [2.45, 2.75) is 26.4 Å². The van der Waals surface area contributed by atoms with E-state index in [1.54, 1.807) is 20.8 Å². The van der Waals surface area contributed by atoms with Gasteiger partial charge in [0.25, 0.3) is 0 Å². The number of ether oxygens (including phenoxy) is 5. The van der Waals surface area contributed by atoms with Gasteiger partial charge in [0.2, 0.25) is 0 Å². The van der Waals surface area contributed by atoms with Crippen LogP contribution < -0.4 is 0 Å². The highest BCUT2D eigenvalue weighted by molar-refractivity contribution is 8.85. The molecule has 19 heteroatoms. The van der Waals surface area contributed by atoms with Gasteiger partial charge in [-0.2, -0.15) is 0 Å². The third-order valence-electron chi connectivity index (χ3n) is 3.40. The molecular formula is C18H41BO14P2S2. The summed E-state index contributed by atoms with van der Waals surface area (Å²) in [6, 6.07) is 0. The van der Waals surface area contributed by atoms with Gasteiger partial charge in [0.1, 0.15) is 0 Å². The van der Waals surface area contributed by atoms with Gasteiger partial charge in [-0.15, -0.1) is 21.4 Å². The van der Waals surface area contributed by atoms with Gasteiger partial charge in [-0.3, -0.25) is 18.1 Å². The molecule has 0 saturated carbocycles. The molecule has 0 aromatic carbocycles. The highest BCUT2D eigenvalue weighted by Crippen LogP contribution is 2.46. The quantitative estimate of drug-likeness (QED) is 0.0525. The van der Waals surface area contributed by atoms with Crippen molar-refractivity contribution in [3.63, 3.8) is 0 Å². The first-order chi connectivity index (χ1) is 17.5. The van der Waals surface area contributed by atoms with Crippen LogP contribution >= 0.6 is 37.1 Å². The summed E-state index contributed by atoms with van der Waals surface area (Å²) in [6.07, 6.45) is 0. The summed E-state index contributed by atoms with van der Waals surface area (Å²) in [5.41, 5.74) is -0.786. The van der Waals surface area contributed by atoms with Gasteiger partial charge in [-0.1, -0.05) is 0 Å². The average molecular weight is 618 g/mol. The van der Waals surface area contributed by atoms with Gasteiger partial charge in [0.15, 0.2) is 0 Å². The molecule has 0 radical (unpaired) electrons. The number of phosphoric ester groups is 2. The van der Waals surface area contributed by atoms with Gasteiger partial charge < -0.3 is 38.5 Å². The van der Waals surface area contributed by atoms with Gasteiger partial charge in [-0.25, -0.2) is 9.13 Å². The maximum Gasteiger partial charge on any atom is 0.472 e. The lowest BCUT2D eigenvalue weighted by Gasteiger charge is -2.22. The molecule has 0 spiro atoms. The Kier molecular flexibility index (Phi) is 23.9. The zero-order chi connectivity index (χ0) is 27.9. The van der Waals surface area contributed by atoms with Crippen LogP contribution in [0.4, 0.5) is 0 Å². The van der Waals surface area contributed by atoms with Crippen molar-refractivity contribution in [1.82, 2.24) is 0 Å². The molecule has 14 nitrogen and oxygen atoms in total. The maximum absolute atomic E-state index is 11.7. The fraction of sp³-hybridized carbons (Fsp3) is 1.00. The molecule has 0 aromatic rings. The summed E-state index contributed by atoms with van der Waals surface area (Å²) in [7, 11) is -5.66. The van der Waals surface area contributed by atoms with Crippen molar-refractivity contribution in [2.24, 2.45) is 0 Å². The molecule has 3 N–H and O–H groups in total. The molecule has 0 bridgehead atoms. The second kappa shape index (κ2) is 23.4. The van der Waals surface area contributed by atoms with Gasteiger partial charge >= 0.3 is 22.4 Å². The van der Waals surface area contributed by atoms with Crippen LogP contribution in [0.15, 0.2) is 0 Å². The molecule has 2 atom stereocenters. The van der Waals surface area contributed by atoms with E-state index in [-0.39, 0.29) is 39.8 Å². The first-order valence-corrected chi connectivity index (χ1v) is 17.0. The molecule has 222 valence electrons. The van der Waals surface area contributed by atoms with Gasteiger partial charge in [0.05, 0.1) is 91.5 Å². The Labute approximate surface area is 227 Å². The van der Waals surface area contributed by atoms with E-state index in [4.69, 9.17) is 46.8 Å². The van der Waals surface area contributed by atoms with E-state index >= 15 is 0 Å². The molecule has 0 saturated heterocycles. The lowest BCUT2D eigenvalue weighted by atomic mass is 10.2. The molecule has 0 amide bonds. The van der Waals surface area contributed by atoms with Crippen molar-refractivity contribution in [3.8, 4) is 0 Å². The van der Waals surface area contributed by atoms with E-state index in [1.165, 1.54) is 21.4 Å². The number of hydrogen-bond donors (Lipinski definition) is 3. The topological polar surface area (TPSA) is 178 Å². The van der Waals surface area contributed by atoms with E-state index in [0.717, 1.165) is 0 Å². The minimum atomic E-state index is -4.10. The zero-order valence-corrected chi connectivity index (χ0v) is 25.1. The van der Waals surface area contributed by atoms with Crippen LogP contribution in [0.3, 0.4) is 0 Å². The van der Waals surface area contributed by atoms with E-state index in [1.807, 2.05) is 0 Å². The fourth-order valence-electron chi connectivity index (χ4n) is 2.10. The SMILES string of the molecule is CC(C)(C)OP(=O)(O)OCCOCCOCCOCCOCCOCCOP(=O)(O)OCCSSBO. The molecule has 0 aromatic heterocycles. The second-order valence-electron chi connectivity index (χ2n) is 7.77. The van der Waals surface area contributed by atoms with Crippen molar-refractivity contribution in [1.29, 1.82) is 0 Å². The van der Waals surface area contributed by atoms with Crippen LogP contribution in [0.25, 0.3) is 0 Å². The van der Waals surface area contributed by atoms with Crippen molar-refractivity contribution >= 4 is 43.8 Å². The van der Waals surface area contributed by atoms with Crippen LogP contribution in [-0.2, 0) is 50.9 Å². The molecule has 37 heavy (non-hydrogen) atoms.